The predicted octanol–water partition coefficient (Wildman–Crippen LogP) is 4.77. The van der Waals surface area contributed by atoms with Gasteiger partial charge in [-0.3, -0.25) is 14.1 Å². The standard InChI is InChI=1S/C21H21ClF2N6O2S/c1-20(16-4-5-21(9-23,19(25)30-20)33(16,31)32)13-7-12(2-3-14(13)24)29-18-17-15(27-10-28-18)6-11(22)8-26-17/h2-3,6-8,10,16,31-32H,4-5,9H2,1H3,(H2,25,30)(H,27,28,29)/t16-,20+,21-/m0/s1. The predicted molar refractivity (Wildman–Crippen MR) is 126 cm³/mol. The van der Waals surface area contributed by atoms with Gasteiger partial charge in [-0.05, 0) is 44.0 Å². The summed E-state index contributed by atoms with van der Waals surface area (Å²) in [6.45, 7) is 0.567. The number of amidine groups is 1. The highest BCUT2D eigenvalue weighted by molar-refractivity contribution is 8.26. The Morgan fingerprint density at radius 3 is 2.82 bits per heavy atom. The highest BCUT2D eigenvalue weighted by Crippen LogP contribution is 2.71. The minimum atomic E-state index is -3.53. The molecular formula is C21H21ClF2N6O2S. The van der Waals surface area contributed by atoms with Gasteiger partial charge in [-0.2, -0.15) is 10.6 Å². The van der Waals surface area contributed by atoms with Crippen LogP contribution in [0.5, 0.6) is 0 Å². The van der Waals surface area contributed by atoms with Gasteiger partial charge in [0.1, 0.15) is 40.5 Å². The summed E-state index contributed by atoms with van der Waals surface area (Å²) in [7, 11) is -3.53. The Bertz CT molecular complexity index is 1310. The van der Waals surface area contributed by atoms with Crippen LogP contribution >= 0.6 is 22.2 Å². The molecule has 8 nitrogen and oxygen atoms in total. The molecule has 2 bridgehead atoms. The third-order valence-corrected chi connectivity index (χ3v) is 10.0. The van der Waals surface area contributed by atoms with Gasteiger partial charge in [-0.15, -0.1) is 0 Å². The van der Waals surface area contributed by atoms with Crippen molar-refractivity contribution < 1.29 is 17.9 Å². The molecule has 2 aromatic heterocycles. The molecule has 1 saturated heterocycles. The number of pyridine rings is 1. The summed E-state index contributed by atoms with van der Waals surface area (Å²) in [5.41, 5.74) is 6.26. The Labute approximate surface area is 194 Å². The summed E-state index contributed by atoms with van der Waals surface area (Å²) in [5, 5.41) is 2.66. The van der Waals surface area contributed by atoms with Crippen LogP contribution in [0, 0.1) is 5.82 Å². The molecular weight excluding hydrogens is 474 g/mol. The first-order chi connectivity index (χ1) is 15.6. The van der Waals surface area contributed by atoms with Crippen LogP contribution in [0.25, 0.3) is 11.0 Å². The van der Waals surface area contributed by atoms with E-state index in [2.05, 4.69) is 25.3 Å². The second-order valence-electron chi connectivity index (χ2n) is 8.46. The highest BCUT2D eigenvalue weighted by Gasteiger charge is 2.65. The minimum absolute atomic E-state index is 0.115. The van der Waals surface area contributed by atoms with Crippen LogP contribution in [0.15, 0.2) is 41.8 Å². The van der Waals surface area contributed by atoms with Crippen LogP contribution in [0.2, 0.25) is 5.02 Å². The molecule has 174 valence electrons. The fourth-order valence-corrected chi connectivity index (χ4v) is 7.74. The lowest BCUT2D eigenvalue weighted by Gasteiger charge is -2.54. The van der Waals surface area contributed by atoms with Crippen molar-refractivity contribution in [1.82, 2.24) is 15.0 Å². The molecule has 0 spiro atoms. The molecule has 1 fully saturated rings. The zero-order valence-electron chi connectivity index (χ0n) is 17.5. The average Bonchev–Trinajstić information content (AvgIpc) is 2.98. The van der Waals surface area contributed by atoms with Crippen molar-refractivity contribution in [2.45, 2.75) is 35.3 Å². The van der Waals surface area contributed by atoms with E-state index in [-0.39, 0.29) is 24.2 Å². The monoisotopic (exact) mass is 494 g/mol. The van der Waals surface area contributed by atoms with E-state index in [1.54, 1.807) is 13.0 Å². The smallest absolute Gasteiger partial charge is 0.160 e. The van der Waals surface area contributed by atoms with Crippen LogP contribution in [-0.2, 0) is 5.54 Å². The van der Waals surface area contributed by atoms with Gasteiger partial charge in [0.25, 0.3) is 0 Å². The largest absolute Gasteiger partial charge is 0.386 e. The Hall–Kier alpha value is -2.60. The first kappa shape index (κ1) is 22.2. The number of aromatic nitrogens is 3. The van der Waals surface area contributed by atoms with Crippen LogP contribution in [-0.4, -0.2) is 46.6 Å². The van der Waals surface area contributed by atoms with Gasteiger partial charge in [0.2, 0.25) is 0 Å². The number of alkyl halides is 1. The number of anilines is 2. The molecule has 5 rings (SSSR count). The number of nitrogens with one attached hydrogen (secondary N) is 1. The normalized spacial score (nSPS) is 29.0. The van der Waals surface area contributed by atoms with E-state index in [0.29, 0.717) is 27.6 Å². The van der Waals surface area contributed by atoms with Crippen molar-refractivity contribution in [3.05, 3.63) is 53.2 Å². The van der Waals surface area contributed by atoms with Gasteiger partial charge in [0.15, 0.2) is 5.82 Å². The maximum atomic E-state index is 15.1. The summed E-state index contributed by atoms with van der Waals surface area (Å²) < 4.78 is 49.4. The van der Waals surface area contributed by atoms with Gasteiger partial charge in [0.05, 0.1) is 15.8 Å². The maximum absolute atomic E-state index is 15.1. The van der Waals surface area contributed by atoms with E-state index in [9.17, 15) is 13.5 Å². The number of aliphatic imine (C=N–C) groups is 1. The SMILES string of the molecule is C[C@]1(c2cc(Nc3ncnc4cc(Cl)cnc34)ccc2F)N=C(N)[C@@]2(CF)CC[C@@H]1S2(O)O. The van der Waals surface area contributed by atoms with Crippen molar-refractivity contribution in [1.29, 1.82) is 0 Å². The highest BCUT2D eigenvalue weighted by atomic mass is 35.5. The number of benzene rings is 1. The van der Waals surface area contributed by atoms with Crippen molar-refractivity contribution in [2.24, 2.45) is 10.7 Å². The summed E-state index contributed by atoms with van der Waals surface area (Å²) in [5.74, 6) is -0.401. The molecule has 1 aromatic carbocycles. The van der Waals surface area contributed by atoms with Gasteiger partial charge in [0, 0.05) is 17.4 Å². The minimum Gasteiger partial charge on any atom is -0.386 e. The third kappa shape index (κ3) is 3.10. The van der Waals surface area contributed by atoms with Crippen LogP contribution in [0.4, 0.5) is 20.3 Å². The average molecular weight is 495 g/mol. The summed E-state index contributed by atoms with van der Waals surface area (Å²) in [6, 6.07) is 5.93. The zero-order chi connectivity index (χ0) is 23.6. The molecule has 2 aliphatic heterocycles. The molecule has 33 heavy (non-hydrogen) atoms. The first-order valence-corrected chi connectivity index (χ1v) is 12.1. The Morgan fingerprint density at radius 1 is 1.27 bits per heavy atom. The molecule has 3 aromatic rings. The lowest BCUT2D eigenvalue weighted by atomic mass is 9.86. The topological polar surface area (TPSA) is 130 Å². The van der Waals surface area contributed by atoms with Crippen LogP contribution in [0.3, 0.4) is 0 Å². The molecule has 4 heterocycles. The molecule has 0 unspecified atom stereocenters. The van der Waals surface area contributed by atoms with Crippen LogP contribution in [0.1, 0.15) is 25.3 Å². The number of nitrogens with two attached hydrogens (primary N) is 1. The summed E-state index contributed by atoms with van der Waals surface area (Å²) >= 11 is 5.99. The number of rotatable bonds is 4. The van der Waals surface area contributed by atoms with E-state index >= 15 is 4.39 Å². The number of fused-ring (bicyclic) bond motifs is 3. The molecule has 12 heteroatoms. The maximum Gasteiger partial charge on any atom is 0.160 e. The molecule has 0 aliphatic carbocycles. The van der Waals surface area contributed by atoms with Crippen molar-refractivity contribution >= 4 is 50.6 Å². The molecule has 0 saturated carbocycles. The quantitative estimate of drug-likeness (QED) is 0.411. The van der Waals surface area contributed by atoms with E-state index in [4.69, 9.17) is 17.3 Å². The second-order valence-corrected chi connectivity index (χ2v) is 11.4. The lowest BCUT2D eigenvalue weighted by molar-refractivity contribution is 0.368. The van der Waals surface area contributed by atoms with Crippen molar-refractivity contribution in [3.8, 4) is 0 Å². The number of hydrogen-bond donors (Lipinski definition) is 4. The molecule has 2 aliphatic rings. The van der Waals surface area contributed by atoms with Gasteiger partial charge < -0.3 is 11.1 Å². The van der Waals surface area contributed by atoms with Crippen LogP contribution < -0.4 is 11.1 Å². The molecule has 3 atom stereocenters. The summed E-state index contributed by atoms with van der Waals surface area (Å²) in [6.07, 6.45) is 3.22. The molecule has 0 amide bonds. The van der Waals surface area contributed by atoms with E-state index in [0.717, 1.165) is 0 Å². The second kappa shape index (κ2) is 7.45. The van der Waals surface area contributed by atoms with Crippen molar-refractivity contribution in [3.63, 3.8) is 0 Å². The Balaban J connectivity index is 1.59. The van der Waals surface area contributed by atoms with E-state index in [1.165, 1.54) is 30.7 Å². The third-order valence-electron chi connectivity index (χ3n) is 6.66. The van der Waals surface area contributed by atoms with Gasteiger partial charge in [-0.1, -0.05) is 11.6 Å². The first-order valence-electron chi connectivity index (χ1n) is 10.1. The number of hydrogen-bond acceptors (Lipinski definition) is 8. The van der Waals surface area contributed by atoms with Crippen molar-refractivity contribution in [2.75, 3.05) is 12.0 Å². The number of nitrogens with zero attached hydrogens (tertiary/aromatic N) is 4. The fraction of sp³-hybridized carbons (Fsp3) is 0.333. The fourth-order valence-electron chi connectivity index (χ4n) is 4.85. The molecule has 0 radical (unpaired) electrons. The van der Waals surface area contributed by atoms with E-state index < -0.39 is 38.6 Å². The summed E-state index contributed by atoms with van der Waals surface area (Å²) in [4.78, 5) is 17.1. The molecule has 5 N–H and O–H groups in total. The Kier molecular flexibility index (Phi) is 5.02. The van der Waals surface area contributed by atoms with Gasteiger partial charge >= 0.3 is 0 Å². The zero-order valence-corrected chi connectivity index (χ0v) is 19.0. The number of halogens is 3. The Morgan fingerprint density at radius 2 is 2.06 bits per heavy atom. The van der Waals surface area contributed by atoms with Gasteiger partial charge in [-0.25, -0.2) is 23.7 Å². The lowest BCUT2D eigenvalue weighted by Crippen LogP contribution is -2.55. The van der Waals surface area contributed by atoms with E-state index in [1.807, 2.05) is 0 Å².